The molecule has 0 fully saturated rings. The van der Waals surface area contributed by atoms with Gasteiger partial charge in [0.15, 0.2) is 0 Å². The predicted octanol–water partition coefficient (Wildman–Crippen LogP) is 3.96. The van der Waals surface area contributed by atoms with Gasteiger partial charge in [-0.05, 0) is 29.8 Å². The molecule has 3 rings (SSSR count). The number of hydrogen-bond acceptors (Lipinski definition) is 2. The number of halogens is 1. The Balaban J connectivity index is 1.95. The Morgan fingerprint density at radius 1 is 1.05 bits per heavy atom. The lowest BCUT2D eigenvalue weighted by molar-refractivity contribution is 0.475. The van der Waals surface area contributed by atoms with Crippen LogP contribution in [-0.4, -0.2) is 14.7 Å². The largest absolute Gasteiger partial charge is 0.508 e. The van der Waals surface area contributed by atoms with Crippen LogP contribution in [0.3, 0.4) is 0 Å². The van der Waals surface area contributed by atoms with E-state index in [9.17, 15) is 5.11 Å². The minimum atomic E-state index is 0.269. The lowest BCUT2D eigenvalue weighted by Gasteiger charge is -2.09. The Labute approximate surface area is 122 Å². The maximum Gasteiger partial charge on any atom is 0.141 e. The highest BCUT2D eigenvalue weighted by atomic mass is 35.5. The lowest BCUT2D eigenvalue weighted by Crippen LogP contribution is -2.01. The van der Waals surface area contributed by atoms with E-state index in [2.05, 4.69) is 4.98 Å². The van der Waals surface area contributed by atoms with Crippen molar-refractivity contribution in [2.24, 2.45) is 0 Å². The van der Waals surface area contributed by atoms with E-state index in [1.807, 2.05) is 47.2 Å². The zero-order valence-corrected chi connectivity index (χ0v) is 11.5. The zero-order valence-electron chi connectivity index (χ0n) is 10.7. The predicted molar refractivity (Wildman–Crippen MR) is 79.9 cm³/mol. The van der Waals surface area contributed by atoms with Crippen molar-refractivity contribution in [2.45, 2.75) is 6.54 Å². The van der Waals surface area contributed by atoms with E-state index in [1.54, 1.807) is 18.3 Å². The van der Waals surface area contributed by atoms with E-state index >= 15 is 0 Å². The summed E-state index contributed by atoms with van der Waals surface area (Å²) in [4.78, 5) is 4.39. The van der Waals surface area contributed by atoms with Crippen LogP contribution in [0.1, 0.15) is 5.56 Å². The van der Waals surface area contributed by atoms with Gasteiger partial charge >= 0.3 is 0 Å². The summed E-state index contributed by atoms with van der Waals surface area (Å²) >= 11 is 6.23. The minimum Gasteiger partial charge on any atom is -0.508 e. The van der Waals surface area contributed by atoms with Crippen LogP contribution in [0.2, 0.25) is 5.02 Å². The fourth-order valence-electron chi connectivity index (χ4n) is 2.12. The fraction of sp³-hybridized carbons (Fsp3) is 0.0625. The first-order valence-electron chi connectivity index (χ1n) is 6.28. The summed E-state index contributed by atoms with van der Waals surface area (Å²) in [6, 6.07) is 14.8. The number of aromatic hydroxyl groups is 1. The van der Waals surface area contributed by atoms with Crippen molar-refractivity contribution < 1.29 is 5.11 Å². The van der Waals surface area contributed by atoms with Gasteiger partial charge < -0.3 is 9.67 Å². The van der Waals surface area contributed by atoms with Crippen molar-refractivity contribution in [1.29, 1.82) is 0 Å². The quantitative estimate of drug-likeness (QED) is 0.790. The average Bonchev–Trinajstić information content (AvgIpc) is 2.90. The molecule has 0 aliphatic heterocycles. The van der Waals surface area contributed by atoms with Gasteiger partial charge in [0.1, 0.15) is 11.6 Å². The summed E-state index contributed by atoms with van der Waals surface area (Å²) in [5.41, 5.74) is 2.01. The molecular formula is C16H13ClN2O. The number of phenols is 1. The fourth-order valence-corrected chi connectivity index (χ4v) is 2.34. The molecule has 0 aliphatic rings. The molecule has 4 heteroatoms. The number of benzene rings is 2. The van der Waals surface area contributed by atoms with Gasteiger partial charge in [-0.2, -0.15) is 0 Å². The van der Waals surface area contributed by atoms with Gasteiger partial charge in [-0.3, -0.25) is 0 Å². The van der Waals surface area contributed by atoms with Gasteiger partial charge in [-0.15, -0.1) is 0 Å². The smallest absolute Gasteiger partial charge is 0.141 e. The highest BCUT2D eigenvalue weighted by Gasteiger charge is 2.09. The SMILES string of the molecule is Oc1ccc(Cn2ccnc2-c2ccccc2Cl)cc1. The molecule has 0 saturated heterocycles. The first-order chi connectivity index (χ1) is 9.74. The Bertz CT molecular complexity index is 719. The Morgan fingerprint density at radius 2 is 1.80 bits per heavy atom. The topological polar surface area (TPSA) is 38.0 Å². The monoisotopic (exact) mass is 284 g/mol. The molecule has 0 saturated carbocycles. The molecular weight excluding hydrogens is 272 g/mol. The Morgan fingerprint density at radius 3 is 2.55 bits per heavy atom. The minimum absolute atomic E-state index is 0.269. The first kappa shape index (κ1) is 12.8. The summed E-state index contributed by atoms with van der Waals surface area (Å²) < 4.78 is 2.04. The normalized spacial score (nSPS) is 10.7. The van der Waals surface area contributed by atoms with Crippen LogP contribution in [-0.2, 0) is 6.54 Å². The van der Waals surface area contributed by atoms with Gasteiger partial charge in [0.2, 0.25) is 0 Å². The molecule has 100 valence electrons. The third-order valence-electron chi connectivity index (χ3n) is 3.12. The summed E-state index contributed by atoms with van der Waals surface area (Å²) in [5.74, 6) is 1.11. The van der Waals surface area contributed by atoms with Crippen LogP contribution in [0.15, 0.2) is 60.9 Å². The molecule has 20 heavy (non-hydrogen) atoms. The van der Waals surface area contributed by atoms with Crippen LogP contribution in [0.4, 0.5) is 0 Å². The molecule has 1 heterocycles. The zero-order chi connectivity index (χ0) is 13.9. The van der Waals surface area contributed by atoms with E-state index in [0.29, 0.717) is 11.6 Å². The number of aromatic nitrogens is 2. The van der Waals surface area contributed by atoms with Gasteiger partial charge in [0, 0.05) is 24.5 Å². The van der Waals surface area contributed by atoms with Gasteiger partial charge in [0.05, 0.1) is 5.02 Å². The van der Waals surface area contributed by atoms with Crippen molar-refractivity contribution in [2.75, 3.05) is 0 Å². The molecule has 0 aliphatic carbocycles. The average molecular weight is 285 g/mol. The van der Waals surface area contributed by atoms with Gasteiger partial charge in [-0.1, -0.05) is 35.9 Å². The number of imidazole rings is 1. The Hall–Kier alpha value is -2.26. The molecule has 0 bridgehead atoms. The molecule has 1 N–H and O–H groups in total. The van der Waals surface area contributed by atoms with Crippen molar-refractivity contribution in [3.8, 4) is 17.1 Å². The third kappa shape index (κ3) is 2.53. The molecule has 0 atom stereocenters. The molecule has 0 radical (unpaired) electrons. The first-order valence-corrected chi connectivity index (χ1v) is 6.66. The summed E-state index contributed by atoms with van der Waals surface area (Å²) in [6.07, 6.45) is 3.69. The van der Waals surface area contributed by atoms with Gasteiger partial charge in [0.25, 0.3) is 0 Å². The maximum absolute atomic E-state index is 9.32. The van der Waals surface area contributed by atoms with Crippen molar-refractivity contribution in [1.82, 2.24) is 9.55 Å². The van der Waals surface area contributed by atoms with Crippen LogP contribution in [0, 0.1) is 0 Å². The van der Waals surface area contributed by atoms with Gasteiger partial charge in [-0.25, -0.2) is 4.98 Å². The second kappa shape index (κ2) is 5.39. The van der Waals surface area contributed by atoms with Crippen molar-refractivity contribution in [3.63, 3.8) is 0 Å². The van der Waals surface area contributed by atoms with Crippen molar-refractivity contribution in [3.05, 3.63) is 71.5 Å². The third-order valence-corrected chi connectivity index (χ3v) is 3.45. The Kier molecular flexibility index (Phi) is 3.44. The summed E-state index contributed by atoms with van der Waals surface area (Å²) in [5, 5.41) is 10.0. The summed E-state index contributed by atoms with van der Waals surface area (Å²) in [7, 11) is 0. The van der Waals surface area contributed by atoms with E-state index in [-0.39, 0.29) is 5.75 Å². The van der Waals surface area contributed by atoms with Crippen LogP contribution >= 0.6 is 11.6 Å². The molecule has 3 nitrogen and oxygen atoms in total. The maximum atomic E-state index is 9.32. The molecule has 2 aromatic carbocycles. The van der Waals surface area contributed by atoms with Crippen LogP contribution in [0.25, 0.3) is 11.4 Å². The molecule has 0 amide bonds. The number of phenolic OH excluding ortho intramolecular Hbond substituents is 1. The number of hydrogen-bond donors (Lipinski definition) is 1. The van der Waals surface area contributed by atoms with Crippen LogP contribution < -0.4 is 0 Å². The molecule has 1 aromatic heterocycles. The highest BCUT2D eigenvalue weighted by molar-refractivity contribution is 6.33. The van der Waals surface area contributed by atoms with E-state index in [4.69, 9.17) is 11.6 Å². The standard InChI is InChI=1S/C16H13ClN2O/c17-15-4-2-1-3-14(15)16-18-9-10-19(16)11-12-5-7-13(20)8-6-12/h1-10,20H,11H2. The van der Waals surface area contributed by atoms with Crippen LogP contribution in [0.5, 0.6) is 5.75 Å². The molecule has 0 unspecified atom stereocenters. The van der Waals surface area contributed by atoms with E-state index in [0.717, 1.165) is 17.0 Å². The van der Waals surface area contributed by atoms with Crippen molar-refractivity contribution >= 4 is 11.6 Å². The second-order valence-corrected chi connectivity index (χ2v) is 4.93. The number of rotatable bonds is 3. The lowest BCUT2D eigenvalue weighted by atomic mass is 10.2. The van der Waals surface area contributed by atoms with E-state index < -0.39 is 0 Å². The molecule has 3 aromatic rings. The highest BCUT2D eigenvalue weighted by Crippen LogP contribution is 2.26. The van der Waals surface area contributed by atoms with E-state index in [1.165, 1.54) is 0 Å². The summed E-state index contributed by atoms with van der Waals surface area (Å²) in [6.45, 7) is 0.681. The second-order valence-electron chi connectivity index (χ2n) is 4.53. The molecule has 0 spiro atoms. The number of nitrogens with zero attached hydrogens (tertiary/aromatic N) is 2.